The van der Waals surface area contributed by atoms with E-state index in [2.05, 4.69) is 40.3 Å². The van der Waals surface area contributed by atoms with Crippen molar-refractivity contribution in [2.45, 2.75) is 26.4 Å². The van der Waals surface area contributed by atoms with Crippen LogP contribution in [0.2, 0.25) is 0 Å². The van der Waals surface area contributed by atoms with Gasteiger partial charge in [-0.25, -0.2) is 4.99 Å². The van der Waals surface area contributed by atoms with Gasteiger partial charge >= 0.3 is 0 Å². The summed E-state index contributed by atoms with van der Waals surface area (Å²) in [6, 6.07) is 16.2. The minimum Gasteiger partial charge on any atom is -0.491 e. The van der Waals surface area contributed by atoms with Crippen LogP contribution in [0.5, 0.6) is 5.75 Å². The predicted molar refractivity (Wildman–Crippen MR) is 106 cm³/mol. The molecule has 2 aromatic carbocycles. The van der Waals surface area contributed by atoms with Crippen molar-refractivity contribution in [3.63, 3.8) is 0 Å². The minimum absolute atomic E-state index is 0.225. The maximum atomic E-state index is 10.3. The Morgan fingerprint density at radius 1 is 1.27 bits per heavy atom. The van der Waals surface area contributed by atoms with Crippen LogP contribution in [-0.4, -0.2) is 43.4 Å². The van der Waals surface area contributed by atoms with E-state index in [4.69, 9.17) is 4.74 Å². The van der Waals surface area contributed by atoms with Gasteiger partial charge in [0.2, 0.25) is 0 Å². The zero-order valence-corrected chi connectivity index (χ0v) is 15.5. The van der Waals surface area contributed by atoms with Crippen molar-refractivity contribution >= 4 is 11.6 Å². The van der Waals surface area contributed by atoms with Crippen molar-refractivity contribution < 1.29 is 9.84 Å². The topological polar surface area (TPSA) is 57.1 Å². The summed E-state index contributed by atoms with van der Waals surface area (Å²) in [4.78, 5) is 6.81. The first-order valence-corrected chi connectivity index (χ1v) is 9.18. The van der Waals surface area contributed by atoms with E-state index in [9.17, 15) is 5.11 Å². The molecule has 0 radical (unpaired) electrons. The molecule has 138 valence electrons. The highest BCUT2D eigenvalue weighted by Gasteiger charge is 2.22. The number of anilines is 1. The fourth-order valence-electron chi connectivity index (χ4n) is 3.10. The monoisotopic (exact) mass is 353 g/mol. The number of aliphatic hydroxyl groups excluding tert-OH is 1. The number of rotatable bonds is 6. The van der Waals surface area contributed by atoms with Crippen molar-refractivity contribution in [3.05, 3.63) is 59.7 Å². The standard InChI is InChI=1S/C21H27N3O2/c1-3-22-21(24-12-11-17-8-4-5-10-20(17)24)23-14-18(25)15-26-19-9-6-7-16(2)13-19/h4-10,13,18,25H,3,11-12,14-15H2,1-2H3,(H,22,23). The van der Waals surface area contributed by atoms with Crippen molar-refractivity contribution in [3.8, 4) is 5.75 Å². The van der Waals surface area contributed by atoms with E-state index in [1.165, 1.54) is 11.3 Å². The predicted octanol–water partition coefficient (Wildman–Crippen LogP) is 2.76. The summed E-state index contributed by atoms with van der Waals surface area (Å²) < 4.78 is 5.67. The molecule has 0 aromatic heterocycles. The van der Waals surface area contributed by atoms with E-state index < -0.39 is 6.10 Å². The fourth-order valence-corrected chi connectivity index (χ4v) is 3.10. The second-order valence-corrected chi connectivity index (χ2v) is 6.51. The molecular formula is C21H27N3O2. The van der Waals surface area contributed by atoms with Crippen LogP contribution in [0.25, 0.3) is 0 Å². The van der Waals surface area contributed by atoms with Gasteiger partial charge in [0.05, 0.1) is 6.54 Å². The summed E-state index contributed by atoms with van der Waals surface area (Å²) in [7, 11) is 0. The van der Waals surface area contributed by atoms with Gasteiger partial charge in [0.1, 0.15) is 18.5 Å². The first-order chi connectivity index (χ1) is 12.7. The Balaban J connectivity index is 1.60. The lowest BCUT2D eigenvalue weighted by Gasteiger charge is -2.22. The zero-order chi connectivity index (χ0) is 18.4. The number of hydrogen-bond donors (Lipinski definition) is 2. The molecule has 0 saturated heterocycles. The van der Waals surface area contributed by atoms with Crippen LogP contribution in [0.4, 0.5) is 5.69 Å². The molecule has 5 heteroatoms. The third kappa shape index (κ3) is 4.55. The van der Waals surface area contributed by atoms with Gasteiger partial charge in [-0.1, -0.05) is 30.3 Å². The number of aliphatic imine (C=N–C) groups is 1. The van der Waals surface area contributed by atoms with E-state index in [-0.39, 0.29) is 6.61 Å². The molecule has 0 aliphatic carbocycles. The van der Waals surface area contributed by atoms with Gasteiger partial charge in [0.25, 0.3) is 0 Å². The molecule has 1 aliphatic rings. The van der Waals surface area contributed by atoms with Crippen LogP contribution in [0.3, 0.4) is 0 Å². The summed E-state index contributed by atoms with van der Waals surface area (Å²) >= 11 is 0. The average Bonchev–Trinajstić information content (AvgIpc) is 3.07. The largest absolute Gasteiger partial charge is 0.491 e. The Hall–Kier alpha value is -2.53. The highest BCUT2D eigenvalue weighted by molar-refractivity contribution is 5.97. The van der Waals surface area contributed by atoms with Gasteiger partial charge in [-0.15, -0.1) is 0 Å². The number of hydrogen-bond acceptors (Lipinski definition) is 3. The van der Waals surface area contributed by atoms with Crippen LogP contribution in [-0.2, 0) is 6.42 Å². The lowest BCUT2D eigenvalue weighted by molar-refractivity contribution is 0.114. The Bertz CT molecular complexity index is 760. The van der Waals surface area contributed by atoms with Crippen molar-refractivity contribution in [2.24, 2.45) is 4.99 Å². The molecule has 2 aromatic rings. The van der Waals surface area contributed by atoms with Gasteiger partial charge in [0, 0.05) is 18.8 Å². The van der Waals surface area contributed by atoms with Crippen LogP contribution >= 0.6 is 0 Å². The quantitative estimate of drug-likeness (QED) is 0.619. The first-order valence-electron chi connectivity index (χ1n) is 9.18. The van der Waals surface area contributed by atoms with Crippen molar-refractivity contribution in [2.75, 3.05) is 31.1 Å². The van der Waals surface area contributed by atoms with E-state index in [1.54, 1.807) is 0 Å². The smallest absolute Gasteiger partial charge is 0.198 e. The molecule has 26 heavy (non-hydrogen) atoms. The molecule has 1 atom stereocenters. The van der Waals surface area contributed by atoms with Gasteiger partial charge in [0.15, 0.2) is 5.96 Å². The fraction of sp³-hybridized carbons (Fsp3) is 0.381. The summed E-state index contributed by atoms with van der Waals surface area (Å²) in [5.41, 5.74) is 3.66. The number of ether oxygens (including phenoxy) is 1. The summed E-state index contributed by atoms with van der Waals surface area (Å²) in [5.74, 6) is 1.58. The highest BCUT2D eigenvalue weighted by atomic mass is 16.5. The van der Waals surface area contributed by atoms with Gasteiger partial charge < -0.3 is 20.1 Å². The van der Waals surface area contributed by atoms with E-state index in [1.807, 2.05) is 37.3 Å². The molecule has 0 saturated carbocycles. The number of para-hydroxylation sites is 1. The number of guanidine groups is 1. The molecular weight excluding hydrogens is 326 g/mol. The summed E-state index contributed by atoms with van der Waals surface area (Å²) in [6.45, 7) is 6.28. The minimum atomic E-state index is -0.651. The molecule has 1 heterocycles. The molecule has 5 nitrogen and oxygen atoms in total. The van der Waals surface area contributed by atoms with Crippen LogP contribution in [0.15, 0.2) is 53.5 Å². The first kappa shape index (κ1) is 18.3. The lowest BCUT2D eigenvalue weighted by atomic mass is 10.2. The maximum Gasteiger partial charge on any atom is 0.198 e. The van der Waals surface area contributed by atoms with Gasteiger partial charge in [-0.3, -0.25) is 0 Å². The number of aliphatic hydroxyl groups is 1. The Morgan fingerprint density at radius 2 is 2.12 bits per heavy atom. The zero-order valence-electron chi connectivity index (χ0n) is 15.5. The average molecular weight is 353 g/mol. The van der Waals surface area contributed by atoms with Crippen LogP contribution in [0, 0.1) is 6.92 Å². The maximum absolute atomic E-state index is 10.3. The van der Waals surface area contributed by atoms with Crippen molar-refractivity contribution in [1.82, 2.24) is 5.32 Å². The molecule has 0 fully saturated rings. The van der Waals surface area contributed by atoms with Crippen LogP contribution in [0.1, 0.15) is 18.1 Å². The second-order valence-electron chi connectivity index (χ2n) is 6.51. The third-order valence-corrected chi connectivity index (χ3v) is 4.36. The SMILES string of the molecule is CCNC(=NCC(O)COc1cccc(C)c1)N1CCc2ccccc21. The molecule has 1 aliphatic heterocycles. The van der Waals surface area contributed by atoms with Gasteiger partial charge in [-0.05, 0) is 49.6 Å². The lowest BCUT2D eigenvalue weighted by Crippen LogP contribution is -2.41. The summed E-state index contributed by atoms with van der Waals surface area (Å²) in [5, 5.41) is 13.6. The molecule has 0 spiro atoms. The Kier molecular flexibility index (Phi) is 6.12. The number of fused-ring (bicyclic) bond motifs is 1. The molecule has 0 bridgehead atoms. The van der Waals surface area contributed by atoms with Crippen molar-refractivity contribution in [1.29, 1.82) is 0 Å². The number of aryl methyl sites for hydroxylation is 1. The van der Waals surface area contributed by atoms with Gasteiger partial charge in [-0.2, -0.15) is 0 Å². The van der Waals surface area contributed by atoms with E-state index >= 15 is 0 Å². The summed E-state index contributed by atoms with van der Waals surface area (Å²) in [6.07, 6.45) is 0.363. The number of nitrogens with zero attached hydrogens (tertiary/aromatic N) is 2. The molecule has 3 rings (SSSR count). The Morgan fingerprint density at radius 3 is 2.92 bits per heavy atom. The highest BCUT2D eigenvalue weighted by Crippen LogP contribution is 2.27. The van der Waals surface area contributed by atoms with E-state index in [0.717, 1.165) is 36.8 Å². The number of nitrogens with one attached hydrogen (secondary N) is 1. The number of benzene rings is 2. The molecule has 2 N–H and O–H groups in total. The second kappa shape index (κ2) is 8.72. The normalized spacial score (nSPS) is 14.9. The molecule has 0 amide bonds. The third-order valence-electron chi connectivity index (χ3n) is 4.36. The van der Waals surface area contributed by atoms with E-state index in [0.29, 0.717) is 6.54 Å². The Labute approximate surface area is 155 Å². The molecule has 1 unspecified atom stereocenters. The van der Waals surface area contributed by atoms with Crippen LogP contribution < -0.4 is 15.0 Å².